The van der Waals surface area contributed by atoms with E-state index in [-0.39, 0.29) is 16.1 Å². The largest absolute Gasteiger partial charge is 0.497 e. The Kier molecular flexibility index (Phi) is 4.99. The van der Waals surface area contributed by atoms with Gasteiger partial charge in [-0.2, -0.15) is 0 Å². The normalized spacial score (nSPS) is 11.0. The number of nitrogens with two attached hydrogens (primary N) is 1. The van der Waals surface area contributed by atoms with Gasteiger partial charge in [0.1, 0.15) is 11.5 Å². The van der Waals surface area contributed by atoms with Crippen LogP contribution in [0.3, 0.4) is 0 Å². The van der Waals surface area contributed by atoms with Crippen molar-refractivity contribution >= 4 is 21.6 Å². The van der Waals surface area contributed by atoms with Crippen LogP contribution in [0.25, 0.3) is 0 Å². The zero-order chi connectivity index (χ0) is 17.9. The summed E-state index contributed by atoms with van der Waals surface area (Å²) >= 11 is 0. The van der Waals surface area contributed by atoms with Gasteiger partial charge < -0.3 is 15.2 Å². The smallest absolute Gasteiger partial charge is 0.262 e. The second-order valence-corrected chi connectivity index (χ2v) is 6.70. The molecular weight excluding hydrogens is 332 g/mol. The average Bonchev–Trinajstić information content (AvgIpc) is 2.54. The Morgan fingerprint density at radius 1 is 1.08 bits per heavy atom. The highest BCUT2D eigenvalue weighted by atomic mass is 32.2. The molecule has 0 atom stereocenters. The number of benzene rings is 2. The minimum atomic E-state index is -3.94. The van der Waals surface area contributed by atoms with Crippen molar-refractivity contribution in [2.45, 2.75) is 11.8 Å². The van der Waals surface area contributed by atoms with E-state index in [1.807, 2.05) is 0 Å². The molecule has 8 heteroatoms. The molecule has 0 bridgehead atoms. The van der Waals surface area contributed by atoms with Crippen molar-refractivity contribution in [2.75, 3.05) is 18.9 Å². The molecule has 0 saturated carbocycles. The van der Waals surface area contributed by atoms with Crippen LogP contribution in [-0.2, 0) is 10.0 Å². The van der Waals surface area contributed by atoms with Crippen molar-refractivity contribution in [3.63, 3.8) is 0 Å². The molecule has 3 N–H and O–H groups in total. The van der Waals surface area contributed by atoms with Gasteiger partial charge in [-0.1, -0.05) is 6.07 Å². The number of aryl methyl sites for hydroxylation is 1. The number of carbonyl (C=O) groups is 1. The summed E-state index contributed by atoms with van der Waals surface area (Å²) in [5, 5.41) is 0. The third kappa shape index (κ3) is 3.60. The second kappa shape index (κ2) is 6.79. The minimum Gasteiger partial charge on any atom is -0.497 e. The van der Waals surface area contributed by atoms with Crippen molar-refractivity contribution in [1.29, 1.82) is 0 Å². The fourth-order valence-electron chi connectivity index (χ4n) is 2.13. The van der Waals surface area contributed by atoms with Crippen LogP contribution in [0.5, 0.6) is 11.5 Å². The molecule has 1 amide bonds. The monoisotopic (exact) mass is 350 g/mol. The first-order valence-electron chi connectivity index (χ1n) is 6.94. The molecule has 0 fully saturated rings. The third-order valence-corrected chi connectivity index (χ3v) is 4.80. The Morgan fingerprint density at radius 2 is 1.79 bits per heavy atom. The van der Waals surface area contributed by atoms with Gasteiger partial charge in [-0.05, 0) is 36.8 Å². The van der Waals surface area contributed by atoms with E-state index in [1.54, 1.807) is 19.1 Å². The zero-order valence-corrected chi connectivity index (χ0v) is 14.3. The van der Waals surface area contributed by atoms with Crippen molar-refractivity contribution in [3.8, 4) is 11.5 Å². The number of anilines is 1. The Labute approximate surface area is 140 Å². The highest BCUT2D eigenvalue weighted by molar-refractivity contribution is 7.92. The summed E-state index contributed by atoms with van der Waals surface area (Å²) in [6.07, 6.45) is 0. The number of hydrogen-bond donors (Lipinski definition) is 2. The summed E-state index contributed by atoms with van der Waals surface area (Å²) in [4.78, 5) is 11.3. The summed E-state index contributed by atoms with van der Waals surface area (Å²) in [6.45, 7) is 1.68. The highest BCUT2D eigenvalue weighted by Gasteiger charge is 2.19. The Hall–Kier alpha value is -2.74. The summed E-state index contributed by atoms with van der Waals surface area (Å²) in [7, 11) is -1.04. The molecule has 0 aromatic heterocycles. The topological polar surface area (TPSA) is 108 Å². The standard InChI is InChI=1S/C16H18N2O5S/c1-10-4-6-12(9-13(10)16(17)19)24(20,21)18-14-8-11(22-2)5-7-15(14)23-3/h4-9,18H,1-3H3,(H2,17,19). The van der Waals surface area contributed by atoms with E-state index in [4.69, 9.17) is 15.2 Å². The predicted octanol–water partition coefficient (Wildman–Crippen LogP) is 1.91. The van der Waals surface area contributed by atoms with Crippen LogP contribution in [0, 0.1) is 6.92 Å². The van der Waals surface area contributed by atoms with Crippen LogP contribution in [0.15, 0.2) is 41.3 Å². The zero-order valence-electron chi connectivity index (χ0n) is 13.5. The van der Waals surface area contributed by atoms with E-state index in [2.05, 4.69) is 4.72 Å². The summed E-state index contributed by atoms with van der Waals surface area (Å²) < 4.78 is 37.9. The first-order valence-corrected chi connectivity index (χ1v) is 8.42. The predicted molar refractivity (Wildman–Crippen MR) is 90.1 cm³/mol. The van der Waals surface area contributed by atoms with Gasteiger partial charge in [0.25, 0.3) is 10.0 Å². The molecule has 0 radical (unpaired) electrons. The summed E-state index contributed by atoms with van der Waals surface area (Å²) in [6, 6.07) is 8.90. The molecule has 0 spiro atoms. The lowest BCUT2D eigenvalue weighted by molar-refractivity contribution is 0.0999. The minimum absolute atomic E-state index is 0.0771. The second-order valence-electron chi connectivity index (χ2n) is 5.01. The number of rotatable bonds is 6. The van der Waals surface area contributed by atoms with Crippen LogP contribution >= 0.6 is 0 Å². The highest BCUT2D eigenvalue weighted by Crippen LogP contribution is 2.31. The first-order chi connectivity index (χ1) is 11.3. The molecule has 0 unspecified atom stereocenters. The molecule has 24 heavy (non-hydrogen) atoms. The fourth-order valence-corrected chi connectivity index (χ4v) is 3.22. The maximum atomic E-state index is 12.6. The van der Waals surface area contributed by atoms with E-state index in [0.717, 1.165) is 0 Å². The summed E-state index contributed by atoms with van der Waals surface area (Å²) in [5.41, 5.74) is 6.24. The molecule has 2 aromatic rings. The molecular formula is C16H18N2O5S. The molecule has 0 aliphatic rings. The van der Waals surface area contributed by atoms with Gasteiger partial charge in [0.05, 0.1) is 24.8 Å². The molecule has 0 heterocycles. The number of carbonyl (C=O) groups excluding carboxylic acids is 1. The van der Waals surface area contributed by atoms with Crippen LogP contribution in [0.4, 0.5) is 5.69 Å². The van der Waals surface area contributed by atoms with Gasteiger partial charge in [-0.3, -0.25) is 9.52 Å². The van der Waals surface area contributed by atoms with Crippen LogP contribution in [0.2, 0.25) is 0 Å². The van der Waals surface area contributed by atoms with Crippen molar-refractivity contribution in [1.82, 2.24) is 0 Å². The molecule has 0 aliphatic heterocycles. The van der Waals surface area contributed by atoms with Crippen molar-refractivity contribution in [3.05, 3.63) is 47.5 Å². The molecule has 2 rings (SSSR count). The lowest BCUT2D eigenvalue weighted by Crippen LogP contribution is -2.17. The third-order valence-electron chi connectivity index (χ3n) is 3.44. The van der Waals surface area contributed by atoms with Gasteiger partial charge in [-0.15, -0.1) is 0 Å². The van der Waals surface area contributed by atoms with E-state index >= 15 is 0 Å². The van der Waals surface area contributed by atoms with Crippen LogP contribution < -0.4 is 19.9 Å². The Bertz CT molecular complexity index is 878. The molecule has 128 valence electrons. The van der Waals surface area contributed by atoms with Crippen molar-refractivity contribution in [2.24, 2.45) is 5.73 Å². The maximum Gasteiger partial charge on any atom is 0.262 e. The number of nitrogens with one attached hydrogen (secondary N) is 1. The molecule has 7 nitrogen and oxygen atoms in total. The number of methoxy groups -OCH3 is 2. The van der Waals surface area contributed by atoms with Gasteiger partial charge in [0, 0.05) is 11.6 Å². The number of sulfonamides is 1. The van der Waals surface area contributed by atoms with E-state index in [1.165, 1.54) is 38.5 Å². The lowest BCUT2D eigenvalue weighted by Gasteiger charge is -2.14. The first kappa shape index (κ1) is 17.6. The van der Waals surface area contributed by atoms with Crippen molar-refractivity contribution < 1.29 is 22.7 Å². The maximum absolute atomic E-state index is 12.6. The van der Waals surface area contributed by atoms with E-state index < -0.39 is 15.9 Å². The lowest BCUT2D eigenvalue weighted by atomic mass is 10.1. The average molecular weight is 350 g/mol. The number of hydrogen-bond acceptors (Lipinski definition) is 5. The molecule has 0 aliphatic carbocycles. The van der Waals surface area contributed by atoms with Gasteiger partial charge in [0.2, 0.25) is 5.91 Å². The number of ether oxygens (including phenoxy) is 2. The molecule has 2 aromatic carbocycles. The van der Waals surface area contributed by atoms with E-state index in [9.17, 15) is 13.2 Å². The fraction of sp³-hybridized carbons (Fsp3) is 0.188. The number of amides is 1. The van der Waals surface area contributed by atoms with E-state index in [0.29, 0.717) is 17.1 Å². The Morgan fingerprint density at radius 3 is 2.38 bits per heavy atom. The van der Waals surface area contributed by atoms with Crippen LogP contribution in [0.1, 0.15) is 15.9 Å². The van der Waals surface area contributed by atoms with Gasteiger partial charge in [-0.25, -0.2) is 8.42 Å². The van der Waals surface area contributed by atoms with Gasteiger partial charge in [0.15, 0.2) is 0 Å². The number of primary amides is 1. The summed E-state index contributed by atoms with van der Waals surface area (Å²) in [5.74, 6) is 0.111. The Balaban J connectivity index is 2.46. The van der Waals surface area contributed by atoms with Gasteiger partial charge >= 0.3 is 0 Å². The SMILES string of the molecule is COc1ccc(OC)c(NS(=O)(=O)c2ccc(C)c(C(N)=O)c2)c1. The molecule has 0 saturated heterocycles. The quantitative estimate of drug-likeness (QED) is 0.827. The van der Waals surface area contributed by atoms with Crippen LogP contribution in [-0.4, -0.2) is 28.5 Å².